The topological polar surface area (TPSA) is 42.4 Å². The molecule has 1 heterocycles. The molecule has 0 aliphatic carbocycles. The van der Waals surface area contributed by atoms with Crippen molar-refractivity contribution >= 4 is 27.7 Å². The maximum absolute atomic E-state index is 4.44. The third kappa shape index (κ3) is 6.16. The van der Waals surface area contributed by atoms with Gasteiger partial charge in [0.05, 0.1) is 6.54 Å². The second-order valence-electron chi connectivity index (χ2n) is 5.04. The minimum atomic E-state index is 0.903. The molecule has 0 atom stereocenters. The summed E-state index contributed by atoms with van der Waals surface area (Å²) in [5.74, 6) is 1.07. The fourth-order valence-corrected chi connectivity index (χ4v) is 3.21. The van der Waals surface area contributed by atoms with Gasteiger partial charge in [0.25, 0.3) is 0 Å². The van der Waals surface area contributed by atoms with Gasteiger partial charge in [0.2, 0.25) is 0 Å². The smallest absolute Gasteiger partial charge is 0.187 e. The van der Waals surface area contributed by atoms with Gasteiger partial charge in [-0.3, -0.25) is 0 Å². The van der Waals surface area contributed by atoms with Crippen LogP contribution in [0.5, 0.6) is 0 Å². The van der Waals surface area contributed by atoms with Gasteiger partial charge < -0.3 is 5.32 Å². The lowest BCUT2D eigenvalue weighted by atomic mass is 10.2. The number of rotatable bonds is 7. The Kier molecular flexibility index (Phi) is 6.67. The number of nitrogens with zero attached hydrogens (tertiary/aromatic N) is 2. The van der Waals surface area contributed by atoms with Gasteiger partial charge in [-0.25, -0.2) is 9.97 Å². The maximum atomic E-state index is 4.44. The van der Waals surface area contributed by atoms with Gasteiger partial charge in [-0.2, -0.15) is 0 Å². The van der Waals surface area contributed by atoms with Crippen LogP contribution in [0.3, 0.4) is 0 Å². The van der Waals surface area contributed by atoms with Crippen molar-refractivity contribution in [3.8, 4) is 0 Å². The fraction of sp³-hybridized carbons (Fsp3) is 0.375. The number of thioether (sulfide) groups is 1. The van der Waals surface area contributed by atoms with E-state index < -0.39 is 0 Å². The van der Waals surface area contributed by atoms with E-state index in [4.69, 9.17) is 0 Å². The molecule has 0 aliphatic heterocycles. The van der Waals surface area contributed by atoms with Crippen LogP contribution in [0.2, 0.25) is 0 Å². The second kappa shape index (κ2) is 8.51. The van der Waals surface area contributed by atoms with Gasteiger partial charge >= 0.3 is 0 Å². The molecule has 1 aromatic carbocycles. The SMILES string of the molecule is Cc1cc(C)nc(SCCC[NH2+]Cc2ccc(Br)cc2)n1. The average molecular weight is 367 g/mol. The third-order valence-electron chi connectivity index (χ3n) is 3.04. The fourth-order valence-electron chi connectivity index (χ4n) is 2.04. The van der Waals surface area contributed by atoms with Gasteiger partial charge in [-0.15, -0.1) is 0 Å². The van der Waals surface area contributed by atoms with E-state index in [9.17, 15) is 0 Å². The van der Waals surface area contributed by atoms with E-state index >= 15 is 0 Å². The molecular formula is C16H21BrN3S+. The van der Waals surface area contributed by atoms with Crippen LogP contribution in [-0.4, -0.2) is 22.3 Å². The van der Waals surface area contributed by atoms with Gasteiger partial charge in [0.15, 0.2) is 5.16 Å². The van der Waals surface area contributed by atoms with Crippen molar-refractivity contribution in [2.75, 3.05) is 12.3 Å². The summed E-state index contributed by atoms with van der Waals surface area (Å²) >= 11 is 5.20. The lowest BCUT2D eigenvalue weighted by Gasteiger charge is -2.04. The number of hydrogen-bond donors (Lipinski definition) is 1. The molecule has 3 nitrogen and oxygen atoms in total. The number of nitrogens with two attached hydrogens (primary N) is 1. The number of aromatic nitrogens is 2. The van der Waals surface area contributed by atoms with Gasteiger partial charge in [-0.05, 0) is 32.0 Å². The molecule has 1 aromatic heterocycles. The number of halogens is 1. The molecule has 0 bridgehead atoms. The van der Waals surface area contributed by atoms with E-state index in [0.29, 0.717) is 0 Å². The molecule has 0 spiro atoms. The van der Waals surface area contributed by atoms with Gasteiger partial charge in [-0.1, -0.05) is 39.8 Å². The molecule has 0 fully saturated rings. The highest BCUT2D eigenvalue weighted by molar-refractivity contribution is 9.10. The summed E-state index contributed by atoms with van der Waals surface area (Å²) in [6, 6.07) is 10.5. The number of quaternary nitrogens is 1. The molecule has 0 amide bonds. The first-order chi connectivity index (χ1) is 10.1. The van der Waals surface area contributed by atoms with E-state index in [-0.39, 0.29) is 0 Å². The largest absolute Gasteiger partial charge is 0.342 e. The zero-order valence-electron chi connectivity index (χ0n) is 12.5. The quantitative estimate of drug-likeness (QED) is 0.465. The van der Waals surface area contributed by atoms with Crippen LogP contribution in [0.1, 0.15) is 23.4 Å². The Morgan fingerprint density at radius 2 is 1.76 bits per heavy atom. The molecule has 5 heteroatoms. The maximum Gasteiger partial charge on any atom is 0.187 e. The summed E-state index contributed by atoms with van der Waals surface area (Å²) < 4.78 is 1.14. The number of hydrogen-bond acceptors (Lipinski definition) is 3. The lowest BCUT2D eigenvalue weighted by Crippen LogP contribution is -2.82. The first-order valence-electron chi connectivity index (χ1n) is 7.14. The Balaban J connectivity index is 1.62. The van der Waals surface area contributed by atoms with Crippen LogP contribution in [0, 0.1) is 13.8 Å². The minimum Gasteiger partial charge on any atom is -0.342 e. The van der Waals surface area contributed by atoms with Crippen molar-refractivity contribution in [1.82, 2.24) is 9.97 Å². The Hall–Kier alpha value is -0.910. The molecule has 2 rings (SSSR count). The number of aryl methyl sites for hydroxylation is 2. The molecule has 0 saturated heterocycles. The first kappa shape index (κ1) is 16.5. The summed E-state index contributed by atoms with van der Waals surface area (Å²) in [6.07, 6.45) is 1.16. The van der Waals surface area contributed by atoms with Crippen molar-refractivity contribution in [2.45, 2.75) is 32.0 Å². The Morgan fingerprint density at radius 1 is 1.10 bits per heavy atom. The Labute approximate surface area is 139 Å². The predicted octanol–water partition coefficient (Wildman–Crippen LogP) is 3.10. The van der Waals surface area contributed by atoms with Crippen LogP contribution < -0.4 is 5.32 Å². The molecular weight excluding hydrogens is 346 g/mol. The Morgan fingerprint density at radius 3 is 2.43 bits per heavy atom. The third-order valence-corrected chi connectivity index (χ3v) is 4.50. The van der Waals surface area contributed by atoms with E-state index in [1.165, 1.54) is 5.56 Å². The molecule has 2 aromatic rings. The molecule has 0 aliphatic rings. The summed E-state index contributed by atoms with van der Waals surface area (Å²) in [6.45, 7) is 6.21. The lowest BCUT2D eigenvalue weighted by molar-refractivity contribution is -0.670. The summed E-state index contributed by atoms with van der Waals surface area (Å²) in [4.78, 5) is 8.89. The molecule has 0 saturated carbocycles. The second-order valence-corrected chi connectivity index (χ2v) is 7.02. The highest BCUT2D eigenvalue weighted by Gasteiger charge is 2.01. The number of benzene rings is 1. The first-order valence-corrected chi connectivity index (χ1v) is 8.92. The zero-order chi connectivity index (χ0) is 15.1. The van der Waals surface area contributed by atoms with Crippen molar-refractivity contribution in [1.29, 1.82) is 0 Å². The summed E-state index contributed by atoms with van der Waals surface area (Å²) in [7, 11) is 0. The van der Waals surface area contributed by atoms with Crippen molar-refractivity contribution in [3.63, 3.8) is 0 Å². The van der Waals surface area contributed by atoms with Crippen LogP contribution >= 0.6 is 27.7 Å². The van der Waals surface area contributed by atoms with Gasteiger partial charge in [0.1, 0.15) is 6.54 Å². The molecule has 0 unspecified atom stereocenters. The van der Waals surface area contributed by atoms with Crippen molar-refractivity contribution in [2.24, 2.45) is 0 Å². The van der Waals surface area contributed by atoms with E-state index in [1.54, 1.807) is 11.8 Å². The molecule has 2 N–H and O–H groups in total. The van der Waals surface area contributed by atoms with E-state index in [0.717, 1.165) is 46.3 Å². The predicted molar refractivity (Wildman–Crippen MR) is 91.5 cm³/mol. The van der Waals surface area contributed by atoms with E-state index in [2.05, 4.69) is 55.5 Å². The highest BCUT2D eigenvalue weighted by Crippen LogP contribution is 2.14. The average Bonchev–Trinajstić information content (AvgIpc) is 2.43. The van der Waals surface area contributed by atoms with Crippen LogP contribution in [0.4, 0.5) is 0 Å². The molecule has 112 valence electrons. The van der Waals surface area contributed by atoms with Crippen LogP contribution in [0.25, 0.3) is 0 Å². The monoisotopic (exact) mass is 366 g/mol. The van der Waals surface area contributed by atoms with Gasteiger partial charge in [0, 0.05) is 33.6 Å². The van der Waals surface area contributed by atoms with Crippen molar-refractivity contribution in [3.05, 3.63) is 51.8 Å². The van der Waals surface area contributed by atoms with Crippen molar-refractivity contribution < 1.29 is 5.32 Å². The standard InChI is InChI=1S/C16H20BrN3S/c1-12-10-13(2)20-16(19-12)21-9-3-8-18-11-14-4-6-15(17)7-5-14/h4-7,10,18H,3,8-9,11H2,1-2H3/p+1. The van der Waals surface area contributed by atoms with Crippen LogP contribution in [-0.2, 0) is 6.54 Å². The normalized spacial score (nSPS) is 10.8. The summed E-state index contributed by atoms with van der Waals surface area (Å²) in [5.41, 5.74) is 3.46. The van der Waals surface area contributed by atoms with E-state index in [1.807, 2.05) is 19.9 Å². The van der Waals surface area contributed by atoms with Crippen LogP contribution in [0.15, 0.2) is 40.0 Å². The highest BCUT2D eigenvalue weighted by atomic mass is 79.9. The molecule has 21 heavy (non-hydrogen) atoms. The Bertz CT molecular complexity index is 552. The zero-order valence-corrected chi connectivity index (χ0v) is 14.9. The minimum absolute atomic E-state index is 0.903. The molecule has 0 radical (unpaired) electrons. The summed E-state index contributed by atoms with van der Waals surface area (Å²) in [5, 5.41) is 3.26.